The van der Waals surface area contributed by atoms with Gasteiger partial charge in [-0.25, -0.2) is 15.0 Å². The normalized spacial score (nSPS) is 10.8. The van der Waals surface area contributed by atoms with Gasteiger partial charge in [0.05, 0.1) is 12.1 Å². The number of pyridine rings is 1. The third-order valence-electron chi connectivity index (χ3n) is 4.15. The molecule has 0 fully saturated rings. The average Bonchev–Trinajstić information content (AvgIpc) is 3.08. The average molecular weight is 343 g/mol. The zero-order valence-electron chi connectivity index (χ0n) is 14.2. The van der Waals surface area contributed by atoms with Crippen molar-refractivity contribution in [2.75, 3.05) is 5.32 Å². The van der Waals surface area contributed by atoms with Gasteiger partial charge >= 0.3 is 0 Å². The van der Waals surface area contributed by atoms with Gasteiger partial charge in [-0.15, -0.1) is 0 Å². The third kappa shape index (κ3) is 3.30. The molecule has 0 aliphatic rings. The summed E-state index contributed by atoms with van der Waals surface area (Å²) in [5.41, 5.74) is 4.58. The van der Waals surface area contributed by atoms with Gasteiger partial charge in [0.2, 0.25) is 5.91 Å². The predicted octanol–water partition coefficient (Wildman–Crippen LogP) is 3.51. The van der Waals surface area contributed by atoms with Crippen LogP contribution in [0.15, 0.2) is 61.2 Å². The summed E-state index contributed by atoms with van der Waals surface area (Å²) in [6.45, 7) is 2.02. The van der Waals surface area contributed by atoms with Crippen LogP contribution in [0.1, 0.15) is 11.1 Å². The summed E-state index contributed by atoms with van der Waals surface area (Å²) in [5, 5.41) is 3.81. The fourth-order valence-electron chi connectivity index (χ4n) is 2.82. The van der Waals surface area contributed by atoms with Crippen LogP contribution in [-0.2, 0) is 11.2 Å². The first-order chi connectivity index (χ1) is 12.7. The lowest BCUT2D eigenvalue weighted by atomic mass is 10.1. The van der Waals surface area contributed by atoms with Crippen molar-refractivity contribution in [1.82, 2.24) is 19.9 Å². The molecular formula is C20H17N5O. The molecule has 128 valence electrons. The van der Waals surface area contributed by atoms with Crippen LogP contribution in [0, 0.1) is 6.92 Å². The van der Waals surface area contributed by atoms with E-state index >= 15 is 0 Å². The summed E-state index contributed by atoms with van der Waals surface area (Å²) in [6.07, 6.45) is 5.35. The Labute approximate surface area is 150 Å². The number of fused-ring (bicyclic) bond motifs is 1. The summed E-state index contributed by atoms with van der Waals surface area (Å²) in [4.78, 5) is 28.2. The second kappa shape index (κ2) is 6.76. The number of benzene rings is 1. The minimum atomic E-state index is -0.112. The molecule has 3 aromatic heterocycles. The molecule has 0 spiro atoms. The summed E-state index contributed by atoms with van der Waals surface area (Å²) >= 11 is 0. The molecule has 1 amide bonds. The fourth-order valence-corrected chi connectivity index (χ4v) is 2.82. The number of H-pyrrole nitrogens is 1. The maximum absolute atomic E-state index is 12.3. The SMILES string of the molecule is Cc1ccc(CC(=O)Nc2cc(-c3c[nH]c4ncccc34)ncn2)cc1. The van der Waals surface area contributed by atoms with Crippen molar-refractivity contribution in [3.63, 3.8) is 0 Å². The van der Waals surface area contributed by atoms with Crippen LogP contribution in [0.25, 0.3) is 22.3 Å². The van der Waals surface area contributed by atoms with Crippen molar-refractivity contribution < 1.29 is 4.79 Å². The maximum atomic E-state index is 12.3. The number of aromatic nitrogens is 4. The number of anilines is 1. The van der Waals surface area contributed by atoms with E-state index < -0.39 is 0 Å². The maximum Gasteiger partial charge on any atom is 0.229 e. The molecule has 0 saturated heterocycles. The molecule has 26 heavy (non-hydrogen) atoms. The van der Waals surface area contributed by atoms with Crippen molar-refractivity contribution in [2.45, 2.75) is 13.3 Å². The Bertz CT molecular complexity index is 1070. The van der Waals surface area contributed by atoms with E-state index in [1.54, 1.807) is 12.3 Å². The Morgan fingerprint density at radius 2 is 1.96 bits per heavy atom. The quantitative estimate of drug-likeness (QED) is 0.594. The van der Waals surface area contributed by atoms with Gasteiger partial charge in [-0.3, -0.25) is 4.79 Å². The molecule has 4 rings (SSSR count). The number of hydrogen-bond acceptors (Lipinski definition) is 4. The van der Waals surface area contributed by atoms with Gasteiger partial charge in [0, 0.05) is 29.4 Å². The van der Waals surface area contributed by atoms with Crippen molar-refractivity contribution in [1.29, 1.82) is 0 Å². The van der Waals surface area contributed by atoms with E-state index in [1.165, 1.54) is 11.9 Å². The number of nitrogens with one attached hydrogen (secondary N) is 2. The van der Waals surface area contributed by atoms with Gasteiger partial charge < -0.3 is 10.3 Å². The molecule has 6 nitrogen and oxygen atoms in total. The van der Waals surface area contributed by atoms with Crippen LogP contribution in [-0.4, -0.2) is 25.8 Å². The molecule has 0 aliphatic carbocycles. The molecule has 0 aliphatic heterocycles. The molecule has 0 unspecified atom stereocenters. The number of aryl methyl sites for hydroxylation is 1. The number of nitrogens with zero attached hydrogens (tertiary/aromatic N) is 3. The Hall–Kier alpha value is -3.54. The Kier molecular flexibility index (Phi) is 4.15. The van der Waals surface area contributed by atoms with E-state index in [-0.39, 0.29) is 5.91 Å². The topological polar surface area (TPSA) is 83.6 Å². The molecular weight excluding hydrogens is 326 g/mol. The van der Waals surface area contributed by atoms with Crippen LogP contribution < -0.4 is 5.32 Å². The first-order valence-corrected chi connectivity index (χ1v) is 8.29. The lowest BCUT2D eigenvalue weighted by Crippen LogP contribution is -2.15. The van der Waals surface area contributed by atoms with Gasteiger partial charge in [0.1, 0.15) is 17.8 Å². The fraction of sp³-hybridized carbons (Fsp3) is 0.100. The van der Waals surface area contributed by atoms with E-state index in [9.17, 15) is 4.79 Å². The van der Waals surface area contributed by atoms with E-state index in [0.29, 0.717) is 12.2 Å². The highest BCUT2D eigenvalue weighted by Gasteiger charge is 2.10. The molecule has 3 heterocycles. The summed E-state index contributed by atoms with van der Waals surface area (Å²) in [7, 11) is 0. The van der Waals surface area contributed by atoms with Crippen molar-refractivity contribution in [3.05, 3.63) is 72.3 Å². The predicted molar refractivity (Wildman–Crippen MR) is 101 cm³/mol. The Balaban J connectivity index is 1.54. The smallest absolute Gasteiger partial charge is 0.229 e. The van der Waals surface area contributed by atoms with Gasteiger partial charge in [0.15, 0.2) is 0 Å². The Morgan fingerprint density at radius 3 is 2.81 bits per heavy atom. The number of rotatable bonds is 4. The second-order valence-corrected chi connectivity index (χ2v) is 6.10. The van der Waals surface area contributed by atoms with Crippen LogP contribution in [0.4, 0.5) is 5.82 Å². The largest absolute Gasteiger partial charge is 0.345 e. The van der Waals surface area contributed by atoms with Gasteiger partial charge in [-0.2, -0.15) is 0 Å². The standard InChI is InChI=1S/C20H17N5O/c1-13-4-6-14(7-5-13)9-19(26)25-18-10-17(23-12-24-18)16-11-22-20-15(16)3-2-8-21-20/h2-8,10-12H,9H2,1H3,(H,21,22)(H,23,24,25,26). The lowest BCUT2D eigenvalue weighted by Gasteiger charge is -2.06. The molecule has 0 bridgehead atoms. The number of carbonyl (C=O) groups excluding carboxylic acids is 1. The molecule has 0 radical (unpaired) electrons. The van der Waals surface area contributed by atoms with Gasteiger partial charge in [-0.1, -0.05) is 29.8 Å². The van der Waals surface area contributed by atoms with Crippen LogP contribution in [0.2, 0.25) is 0 Å². The van der Waals surface area contributed by atoms with E-state index in [1.807, 2.05) is 49.5 Å². The highest BCUT2D eigenvalue weighted by molar-refractivity contribution is 5.94. The Morgan fingerprint density at radius 1 is 1.12 bits per heavy atom. The van der Waals surface area contributed by atoms with E-state index in [4.69, 9.17) is 0 Å². The summed E-state index contributed by atoms with van der Waals surface area (Å²) in [6, 6.07) is 13.5. The highest BCUT2D eigenvalue weighted by Crippen LogP contribution is 2.26. The van der Waals surface area contributed by atoms with Gasteiger partial charge in [0.25, 0.3) is 0 Å². The minimum absolute atomic E-state index is 0.112. The number of carbonyl (C=O) groups is 1. The number of aromatic amines is 1. The van der Waals surface area contributed by atoms with Crippen LogP contribution in [0.5, 0.6) is 0 Å². The molecule has 0 atom stereocenters. The first kappa shape index (κ1) is 16.0. The zero-order valence-corrected chi connectivity index (χ0v) is 14.2. The van der Waals surface area contributed by atoms with Crippen molar-refractivity contribution in [3.8, 4) is 11.3 Å². The van der Waals surface area contributed by atoms with Crippen molar-refractivity contribution >= 4 is 22.8 Å². The third-order valence-corrected chi connectivity index (χ3v) is 4.15. The second-order valence-electron chi connectivity index (χ2n) is 6.10. The molecule has 6 heteroatoms. The molecule has 1 aromatic carbocycles. The van der Waals surface area contributed by atoms with Crippen molar-refractivity contribution in [2.24, 2.45) is 0 Å². The summed E-state index contributed by atoms with van der Waals surface area (Å²) < 4.78 is 0. The molecule has 4 aromatic rings. The summed E-state index contributed by atoms with van der Waals surface area (Å²) in [5.74, 6) is 0.365. The van der Waals surface area contributed by atoms with Crippen LogP contribution in [0.3, 0.4) is 0 Å². The van der Waals surface area contributed by atoms with Gasteiger partial charge in [-0.05, 0) is 24.6 Å². The van der Waals surface area contributed by atoms with E-state index in [0.717, 1.165) is 27.9 Å². The number of hydrogen-bond donors (Lipinski definition) is 2. The minimum Gasteiger partial charge on any atom is -0.345 e. The molecule has 0 saturated carbocycles. The van der Waals surface area contributed by atoms with Crippen LogP contribution >= 0.6 is 0 Å². The lowest BCUT2D eigenvalue weighted by molar-refractivity contribution is -0.115. The van der Waals surface area contributed by atoms with E-state index in [2.05, 4.69) is 25.3 Å². The first-order valence-electron chi connectivity index (χ1n) is 8.29. The zero-order chi connectivity index (χ0) is 17.9. The monoisotopic (exact) mass is 343 g/mol. The highest BCUT2D eigenvalue weighted by atomic mass is 16.1. The molecule has 2 N–H and O–H groups in total. The number of amides is 1.